The van der Waals surface area contributed by atoms with Crippen LogP contribution in [0.2, 0.25) is 0 Å². The molecule has 2 rings (SSSR count). The fraction of sp³-hybridized carbons (Fsp3) is 0.300. The quantitative estimate of drug-likeness (QED) is 0.635. The summed E-state index contributed by atoms with van der Waals surface area (Å²) in [5.74, 6) is -3.95. The smallest absolute Gasteiger partial charge is 0.194 e. The van der Waals surface area contributed by atoms with Crippen LogP contribution in [0.25, 0.3) is 0 Å². The molecule has 0 spiro atoms. The Morgan fingerprint density at radius 1 is 1.14 bits per heavy atom. The largest absolute Gasteiger partial charge is 0.204 e. The van der Waals surface area contributed by atoms with E-state index in [0.717, 1.165) is 12.1 Å². The van der Waals surface area contributed by atoms with Crippen LogP contribution in [-0.4, -0.2) is 0 Å². The highest BCUT2D eigenvalue weighted by atomic mass is 19.2. The predicted octanol–water partition coefficient (Wildman–Crippen LogP) is 2.66. The zero-order chi connectivity index (χ0) is 10.3. The Morgan fingerprint density at radius 3 is 2.00 bits per heavy atom. The van der Waals surface area contributed by atoms with Crippen molar-refractivity contribution < 1.29 is 13.2 Å². The molecule has 0 amide bonds. The molecule has 0 atom stereocenters. The second-order valence-corrected chi connectivity index (χ2v) is 3.45. The lowest BCUT2D eigenvalue weighted by Crippen LogP contribution is -2.05. The maximum absolute atomic E-state index is 12.8. The van der Waals surface area contributed by atoms with E-state index in [1.807, 2.05) is 6.07 Å². The highest BCUT2D eigenvalue weighted by molar-refractivity contribution is 5.39. The zero-order valence-corrected chi connectivity index (χ0v) is 7.15. The summed E-state index contributed by atoms with van der Waals surface area (Å²) in [5, 5.41) is 8.77. The second kappa shape index (κ2) is 2.74. The number of halogens is 3. The molecular weight excluding hydrogens is 191 g/mol. The summed E-state index contributed by atoms with van der Waals surface area (Å²) < 4.78 is 38.2. The molecule has 0 bridgehead atoms. The number of hydrogen-bond acceptors (Lipinski definition) is 1. The molecule has 0 heterocycles. The van der Waals surface area contributed by atoms with E-state index in [4.69, 9.17) is 5.26 Å². The van der Waals surface area contributed by atoms with E-state index in [1.165, 1.54) is 0 Å². The molecule has 0 N–H and O–H groups in total. The van der Waals surface area contributed by atoms with Crippen molar-refractivity contribution in [2.75, 3.05) is 0 Å². The topological polar surface area (TPSA) is 23.8 Å². The summed E-state index contributed by atoms with van der Waals surface area (Å²) in [5.41, 5.74) is -0.550. The van der Waals surface area contributed by atoms with Gasteiger partial charge in [0.1, 0.15) is 0 Å². The van der Waals surface area contributed by atoms with Crippen LogP contribution in [-0.2, 0) is 5.41 Å². The minimum absolute atomic E-state index is 0.233. The van der Waals surface area contributed by atoms with Crippen molar-refractivity contribution in [1.29, 1.82) is 5.26 Å². The Bertz CT molecular complexity index is 406. The first kappa shape index (κ1) is 9.07. The summed E-state index contributed by atoms with van der Waals surface area (Å²) in [6, 6.07) is 3.78. The van der Waals surface area contributed by atoms with Gasteiger partial charge in [0.2, 0.25) is 0 Å². The van der Waals surface area contributed by atoms with Crippen molar-refractivity contribution >= 4 is 0 Å². The van der Waals surface area contributed by atoms with Gasteiger partial charge in [-0.05, 0) is 30.5 Å². The number of nitriles is 1. The molecule has 1 aromatic rings. The van der Waals surface area contributed by atoms with Crippen molar-refractivity contribution in [3.05, 3.63) is 35.1 Å². The van der Waals surface area contributed by atoms with E-state index in [9.17, 15) is 13.2 Å². The molecule has 1 aliphatic rings. The summed E-state index contributed by atoms with van der Waals surface area (Å²) in [6.07, 6.45) is 1.15. The number of benzene rings is 1. The summed E-state index contributed by atoms with van der Waals surface area (Å²) in [6.45, 7) is 0. The lowest BCUT2D eigenvalue weighted by Gasteiger charge is -2.06. The van der Waals surface area contributed by atoms with Gasteiger partial charge in [-0.25, -0.2) is 13.2 Å². The standard InChI is InChI=1S/C10H6F3N/c11-7-3-6(4-8(12)9(7)13)10(5-14)1-2-10/h3-4H,1-2H2. The SMILES string of the molecule is N#CC1(c2cc(F)c(F)c(F)c2)CC1. The second-order valence-electron chi connectivity index (χ2n) is 3.45. The molecule has 14 heavy (non-hydrogen) atoms. The molecule has 0 aliphatic heterocycles. The normalized spacial score (nSPS) is 17.6. The van der Waals surface area contributed by atoms with Gasteiger partial charge < -0.3 is 0 Å². The molecule has 1 nitrogen and oxygen atoms in total. The third kappa shape index (κ3) is 1.17. The molecule has 1 fully saturated rings. The Labute approximate surface area is 78.8 Å². The van der Waals surface area contributed by atoms with E-state index < -0.39 is 22.9 Å². The monoisotopic (exact) mass is 197 g/mol. The molecule has 4 heteroatoms. The van der Waals surface area contributed by atoms with Crippen LogP contribution in [0.3, 0.4) is 0 Å². The van der Waals surface area contributed by atoms with Gasteiger partial charge >= 0.3 is 0 Å². The molecule has 0 aromatic heterocycles. The van der Waals surface area contributed by atoms with Crippen LogP contribution in [0.5, 0.6) is 0 Å². The van der Waals surface area contributed by atoms with Gasteiger partial charge in [0, 0.05) is 0 Å². The van der Waals surface area contributed by atoms with Crippen LogP contribution in [0.15, 0.2) is 12.1 Å². The molecular formula is C10H6F3N. The van der Waals surface area contributed by atoms with E-state index in [0.29, 0.717) is 12.8 Å². The third-order valence-electron chi connectivity index (χ3n) is 2.50. The maximum atomic E-state index is 12.8. The van der Waals surface area contributed by atoms with Crippen molar-refractivity contribution in [2.24, 2.45) is 0 Å². The molecule has 0 unspecified atom stereocenters. The van der Waals surface area contributed by atoms with Gasteiger partial charge in [0.25, 0.3) is 0 Å². The van der Waals surface area contributed by atoms with Crippen molar-refractivity contribution in [3.8, 4) is 6.07 Å². The summed E-state index contributed by atoms with van der Waals surface area (Å²) in [4.78, 5) is 0. The van der Waals surface area contributed by atoms with E-state index in [-0.39, 0.29) is 5.56 Å². The van der Waals surface area contributed by atoms with Gasteiger partial charge in [-0.3, -0.25) is 0 Å². The minimum atomic E-state index is -1.48. The van der Waals surface area contributed by atoms with Gasteiger partial charge in [-0.1, -0.05) is 0 Å². The molecule has 1 aromatic carbocycles. The number of rotatable bonds is 1. The van der Waals surface area contributed by atoms with Crippen LogP contribution < -0.4 is 0 Å². The number of hydrogen-bond donors (Lipinski definition) is 0. The predicted molar refractivity (Wildman–Crippen MR) is 42.8 cm³/mol. The molecule has 1 saturated carbocycles. The Kier molecular flexibility index (Phi) is 1.78. The van der Waals surface area contributed by atoms with Crippen LogP contribution in [0.4, 0.5) is 13.2 Å². The average molecular weight is 197 g/mol. The van der Waals surface area contributed by atoms with Crippen molar-refractivity contribution in [3.63, 3.8) is 0 Å². The first-order valence-electron chi connectivity index (χ1n) is 4.15. The maximum Gasteiger partial charge on any atom is 0.194 e. The first-order chi connectivity index (χ1) is 6.59. The summed E-state index contributed by atoms with van der Waals surface area (Å²) in [7, 11) is 0. The Morgan fingerprint density at radius 2 is 1.64 bits per heavy atom. The summed E-state index contributed by atoms with van der Waals surface area (Å²) >= 11 is 0. The minimum Gasteiger partial charge on any atom is -0.204 e. The molecule has 72 valence electrons. The van der Waals surface area contributed by atoms with Gasteiger partial charge in [-0.2, -0.15) is 5.26 Å². The van der Waals surface area contributed by atoms with Crippen molar-refractivity contribution in [2.45, 2.75) is 18.3 Å². The lowest BCUT2D eigenvalue weighted by atomic mass is 9.97. The van der Waals surface area contributed by atoms with Crippen LogP contribution in [0.1, 0.15) is 18.4 Å². The fourth-order valence-electron chi connectivity index (χ4n) is 1.42. The highest BCUT2D eigenvalue weighted by Gasteiger charge is 2.45. The molecule has 0 radical (unpaired) electrons. The van der Waals surface area contributed by atoms with Crippen LogP contribution >= 0.6 is 0 Å². The fourth-order valence-corrected chi connectivity index (χ4v) is 1.42. The number of nitrogens with zero attached hydrogens (tertiary/aromatic N) is 1. The Hall–Kier alpha value is -1.50. The van der Waals surface area contributed by atoms with Gasteiger partial charge in [0.15, 0.2) is 17.5 Å². The lowest BCUT2D eigenvalue weighted by molar-refractivity contribution is 0.444. The van der Waals surface area contributed by atoms with Gasteiger partial charge in [-0.15, -0.1) is 0 Å². The highest BCUT2D eigenvalue weighted by Crippen LogP contribution is 2.47. The van der Waals surface area contributed by atoms with Crippen LogP contribution in [0, 0.1) is 28.8 Å². The third-order valence-corrected chi connectivity index (χ3v) is 2.50. The average Bonchev–Trinajstić information content (AvgIpc) is 2.94. The molecule has 1 aliphatic carbocycles. The Balaban J connectivity index is 2.53. The molecule has 0 saturated heterocycles. The van der Waals surface area contributed by atoms with E-state index in [2.05, 4.69) is 0 Å². The van der Waals surface area contributed by atoms with Gasteiger partial charge in [0.05, 0.1) is 11.5 Å². The zero-order valence-electron chi connectivity index (χ0n) is 7.15. The van der Waals surface area contributed by atoms with Crippen molar-refractivity contribution in [1.82, 2.24) is 0 Å². The van der Waals surface area contributed by atoms with E-state index in [1.54, 1.807) is 0 Å². The first-order valence-corrected chi connectivity index (χ1v) is 4.15. The van der Waals surface area contributed by atoms with E-state index >= 15 is 0 Å².